The van der Waals surface area contributed by atoms with Crippen LogP contribution in [0.15, 0.2) is 0 Å². The zero-order valence-corrected chi connectivity index (χ0v) is 18.7. The van der Waals surface area contributed by atoms with Gasteiger partial charge in [-0.2, -0.15) is 4.89 Å². The predicted octanol–water partition coefficient (Wildman–Crippen LogP) is 5.80. The largest absolute Gasteiger partial charge is 0.511 e. The number of ether oxygens (including phenoxy) is 2. The maximum absolute atomic E-state index is 11.7. The second-order valence-corrected chi connectivity index (χ2v) is 10.8. The van der Waals surface area contributed by atoms with Crippen LogP contribution in [-0.2, 0) is 14.0 Å². The summed E-state index contributed by atoms with van der Waals surface area (Å²) >= 11 is 0. The Morgan fingerprint density at radius 3 is 1.96 bits per heavy atom. The van der Waals surface area contributed by atoms with E-state index in [1.54, 1.807) is 0 Å². The van der Waals surface area contributed by atoms with Crippen molar-refractivity contribution in [3.63, 3.8) is 0 Å². The molecular formula is C20H42O4P+. The van der Waals surface area contributed by atoms with Crippen LogP contribution in [0.1, 0.15) is 81.1 Å². The SMILES string of the molecule is CCC(C)COCC(C)(CC)COCC(C)(C)CC(C)(CC)[P+](=O)O. The van der Waals surface area contributed by atoms with Crippen LogP contribution < -0.4 is 0 Å². The van der Waals surface area contributed by atoms with Crippen molar-refractivity contribution in [2.45, 2.75) is 86.2 Å². The molecular weight excluding hydrogens is 335 g/mol. The smallest absolute Gasteiger partial charge is 0.381 e. The van der Waals surface area contributed by atoms with Crippen molar-refractivity contribution < 1.29 is 18.9 Å². The minimum atomic E-state index is -2.19. The summed E-state index contributed by atoms with van der Waals surface area (Å²) in [5.74, 6) is 0.591. The van der Waals surface area contributed by atoms with Crippen molar-refractivity contribution in [1.82, 2.24) is 0 Å². The van der Waals surface area contributed by atoms with Crippen molar-refractivity contribution in [2.24, 2.45) is 16.7 Å². The Morgan fingerprint density at radius 1 is 0.960 bits per heavy atom. The quantitative estimate of drug-likeness (QED) is 0.389. The van der Waals surface area contributed by atoms with E-state index in [-0.39, 0.29) is 10.8 Å². The molecule has 25 heavy (non-hydrogen) atoms. The molecule has 0 spiro atoms. The Balaban J connectivity index is 4.50. The van der Waals surface area contributed by atoms with E-state index in [4.69, 9.17) is 9.47 Å². The Hall–Kier alpha value is -0.0200. The third-order valence-corrected chi connectivity index (χ3v) is 6.83. The van der Waals surface area contributed by atoms with Gasteiger partial charge in [0.15, 0.2) is 5.16 Å². The summed E-state index contributed by atoms with van der Waals surface area (Å²) in [4.78, 5) is 9.64. The Bertz CT molecular complexity index is 399. The molecule has 4 nitrogen and oxygen atoms in total. The highest BCUT2D eigenvalue weighted by Gasteiger charge is 2.46. The molecule has 0 aliphatic heterocycles. The molecule has 0 heterocycles. The molecule has 0 fully saturated rings. The maximum atomic E-state index is 11.7. The first kappa shape index (κ1) is 25.0. The Morgan fingerprint density at radius 2 is 1.52 bits per heavy atom. The van der Waals surface area contributed by atoms with E-state index < -0.39 is 13.2 Å². The van der Waals surface area contributed by atoms with Gasteiger partial charge in [-0.25, -0.2) is 0 Å². The van der Waals surface area contributed by atoms with Crippen LogP contribution in [0.2, 0.25) is 0 Å². The summed E-state index contributed by atoms with van der Waals surface area (Å²) in [6, 6.07) is 0. The van der Waals surface area contributed by atoms with E-state index in [0.29, 0.717) is 38.6 Å². The maximum Gasteiger partial charge on any atom is 0.511 e. The molecule has 0 aromatic rings. The van der Waals surface area contributed by atoms with E-state index in [0.717, 1.165) is 19.4 Å². The van der Waals surface area contributed by atoms with Gasteiger partial charge in [-0.05, 0) is 35.7 Å². The Kier molecular flexibility index (Phi) is 11.0. The summed E-state index contributed by atoms with van der Waals surface area (Å²) in [5, 5.41) is -0.546. The lowest BCUT2D eigenvalue weighted by Crippen LogP contribution is -2.34. The standard InChI is InChI=1S/C20H41O4P/c1-9-17(4)12-23-15-19(7,10-2)16-24-14-18(5,6)13-20(8,11-3)25(21)22/h17H,9-16H2,1-8H3/p+1. The third-order valence-electron chi connectivity index (χ3n) is 5.43. The second kappa shape index (κ2) is 11.0. The van der Waals surface area contributed by atoms with Crippen LogP contribution in [-0.4, -0.2) is 36.5 Å². The highest BCUT2D eigenvalue weighted by molar-refractivity contribution is 7.40. The molecule has 0 rings (SSSR count). The molecule has 0 aromatic carbocycles. The summed E-state index contributed by atoms with van der Waals surface area (Å²) in [6.45, 7) is 19.6. The average molecular weight is 378 g/mol. The van der Waals surface area contributed by atoms with Gasteiger partial charge in [0.1, 0.15) is 0 Å². The molecule has 0 radical (unpaired) electrons. The lowest BCUT2D eigenvalue weighted by atomic mass is 9.82. The van der Waals surface area contributed by atoms with Crippen LogP contribution in [0.5, 0.6) is 0 Å². The van der Waals surface area contributed by atoms with Crippen molar-refractivity contribution in [2.75, 3.05) is 26.4 Å². The van der Waals surface area contributed by atoms with Crippen LogP contribution in [0.3, 0.4) is 0 Å². The fraction of sp³-hybridized carbons (Fsp3) is 1.00. The minimum Gasteiger partial charge on any atom is -0.381 e. The lowest BCUT2D eigenvalue weighted by molar-refractivity contribution is -0.0426. The summed E-state index contributed by atoms with van der Waals surface area (Å²) < 4.78 is 23.7. The third kappa shape index (κ3) is 9.47. The first-order valence-electron chi connectivity index (χ1n) is 9.75. The van der Waals surface area contributed by atoms with Crippen molar-refractivity contribution in [1.29, 1.82) is 0 Å². The van der Waals surface area contributed by atoms with Crippen molar-refractivity contribution in [3.8, 4) is 0 Å². The van der Waals surface area contributed by atoms with E-state index in [1.807, 2.05) is 13.8 Å². The first-order chi connectivity index (χ1) is 11.4. The van der Waals surface area contributed by atoms with Gasteiger partial charge in [-0.15, -0.1) is 0 Å². The lowest BCUT2D eigenvalue weighted by Gasteiger charge is -2.33. The fourth-order valence-electron chi connectivity index (χ4n) is 2.85. The molecule has 0 aliphatic carbocycles. The second-order valence-electron chi connectivity index (χ2n) is 9.15. The molecule has 0 aliphatic rings. The molecule has 0 aromatic heterocycles. The van der Waals surface area contributed by atoms with Gasteiger partial charge in [0, 0.05) is 18.4 Å². The van der Waals surface area contributed by atoms with Gasteiger partial charge < -0.3 is 9.47 Å². The van der Waals surface area contributed by atoms with Gasteiger partial charge >= 0.3 is 8.03 Å². The zero-order valence-electron chi connectivity index (χ0n) is 17.9. The van der Waals surface area contributed by atoms with Gasteiger partial charge in [0.2, 0.25) is 0 Å². The minimum absolute atomic E-state index is 0.0136. The van der Waals surface area contributed by atoms with E-state index in [2.05, 4.69) is 41.5 Å². The average Bonchev–Trinajstić information content (AvgIpc) is 2.53. The first-order valence-corrected chi connectivity index (χ1v) is 11.0. The highest BCUT2D eigenvalue weighted by atomic mass is 31.1. The van der Waals surface area contributed by atoms with Crippen LogP contribution in [0.25, 0.3) is 0 Å². The predicted molar refractivity (Wildman–Crippen MR) is 106 cm³/mol. The van der Waals surface area contributed by atoms with E-state index in [9.17, 15) is 9.46 Å². The van der Waals surface area contributed by atoms with Gasteiger partial charge in [-0.1, -0.05) is 54.9 Å². The molecule has 0 bridgehead atoms. The molecule has 4 atom stereocenters. The number of hydrogen-bond acceptors (Lipinski definition) is 3. The molecule has 0 saturated heterocycles. The normalized spacial score (nSPS) is 19.2. The topological polar surface area (TPSA) is 55.8 Å². The monoisotopic (exact) mass is 377 g/mol. The fourth-order valence-corrected chi connectivity index (χ4v) is 3.69. The summed E-state index contributed by atoms with van der Waals surface area (Å²) in [6.07, 6.45) is 3.51. The number of rotatable bonds is 14. The van der Waals surface area contributed by atoms with Crippen molar-refractivity contribution in [3.05, 3.63) is 0 Å². The van der Waals surface area contributed by atoms with E-state index >= 15 is 0 Å². The summed E-state index contributed by atoms with van der Waals surface area (Å²) in [5.41, 5.74) is -0.121. The van der Waals surface area contributed by atoms with E-state index in [1.165, 1.54) is 0 Å². The van der Waals surface area contributed by atoms with Crippen LogP contribution in [0.4, 0.5) is 0 Å². The van der Waals surface area contributed by atoms with Crippen molar-refractivity contribution >= 4 is 8.03 Å². The zero-order chi connectivity index (χ0) is 19.7. The van der Waals surface area contributed by atoms with Gasteiger partial charge in [0.25, 0.3) is 0 Å². The molecule has 0 amide bonds. The summed E-state index contributed by atoms with van der Waals surface area (Å²) in [7, 11) is -2.19. The number of hydrogen-bond donors (Lipinski definition) is 1. The van der Waals surface area contributed by atoms with Crippen LogP contribution >= 0.6 is 8.03 Å². The Labute approximate surface area is 156 Å². The molecule has 5 heteroatoms. The van der Waals surface area contributed by atoms with Crippen LogP contribution in [0, 0.1) is 16.7 Å². The van der Waals surface area contributed by atoms with Gasteiger partial charge in [-0.3, -0.25) is 0 Å². The molecule has 150 valence electrons. The molecule has 0 saturated carbocycles. The molecule has 4 unspecified atom stereocenters. The van der Waals surface area contributed by atoms with Gasteiger partial charge in [0.05, 0.1) is 19.8 Å². The molecule has 1 N–H and O–H groups in total. The highest BCUT2D eigenvalue weighted by Crippen LogP contribution is 2.46.